The van der Waals surface area contributed by atoms with Crippen LogP contribution in [0.5, 0.6) is 11.5 Å². The van der Waals surface area contributed by atoms with E-state index in [4.69, 9.17) is 59.4 Å². The van der Waals surface area contributed by atoms with Crippen molar-refractivity contribution in [1.29, 1.82) is 0 Å². The summed E-state index contributed by atoms with van der Waals surface area (Å²) in [5.41, 5.74) is 3.17. The Morgan fingerprint density at radius 1 is 0.515 bits per heavy atom. The molecule has 0 N–H and O–H groups in total. The Morgan fingerprint density at radius 2 is 0.894 bits per heavy atom. The molecule has 0 amide bonds. The third-order valence-electron chi connectivity index (χ3n) is 13.2. The fraction of sp³-hybridized carbons (Fsp3) is 0.417. The number of aromatic nitrogens is 2. The highest BCUT2D eigenvalue weighted by molar-refractivity contribution is 9.10. The van der Waals surface area contributed by atoms with E-state index in [1.165, 1.54) is 0 Å². The first kappa shape index (κ1) is 48.8. The highest BCUT2D eigenvalue weighted by Crippen LogP contribution is 2.44. The number of hydrogen-bond acceptors (Lipinski definition) is 12. The summed E-state index contributed by atoms with van der Waals surface area (Å²) in [4.78, 5) is 15.9. The van der Waals surface area contributed by atoms with Gasteiger partial charge in [-0.15, -0.1) is 0 Å². The van der Waals surface area contributed by atoms with Gasteiger partial charge in [-0.1, -0.05) is 46.3 Å². The number of hydrogen-bond donors (Lipinski definition) is 0. The molecule has 6 aromatic rings. The quantitative estimate of drug-likeness (QED) is 0.116. The summed E-state index contributed by atoms with van der Waals surface area (Å²) in [5, 5.41) is 0. The molecule has 14 nitrogen and oxygen atoms in total. The van der Waals surface area contributed by atoms with E-state index in [1.807, 2.05) is 119 Å². The first-order valence-corrected chi connectivity index (χ1v) is 22.3. The van der Waals surface area contributed by atoms with Gasteiger partial charge in [-0.3, -0.25) is 0 Å². The van der Waals surface area contributed by atoms with Crippen LogP contribution in [0.3, 0.4) is 0 Å². The van der Waals surface area contributed by atoms with Crippen molar-refractivity contribution in [3.05, 3.63) is 100 Å². The van der Waals surface area contributed by atoms with Crippen molar-refractivity contribution in [2.24, 2.45) is 0 Å². The zero-order valence-corrected chi connectivity index (χ0v) is 41.5. The lowest BCUT2D eigenvalue weighted by Crippen LogP contribution is -2.41. The van der Waals surface area contributed by atoms with Gasteiger partial charge >= 0.3 is 21.1 Å². The fourth-order valence-electron chi connectivity index (χ4n) is 7.14. The molecule has 0 bridgehead atoms. The van der Waals surface area contributed by atoms with Gasteiger partial charge in [0.25, 0.3) is 0 Å². The second kappa shape index (κ2) is 17.8. The molecule has 0 radical (unpaired) electrons. The van der Waals surface area contributed by atoms with Crippen molar-refractivity contribution in [1.82, 2.24) is 9.97 Å². The highest BCUT2D eigenvalue weighted by atomic mass is 79.9. The summed E-state index contributed by atoms with van der Waals surface area (Å²) < 4.78 is 59.6. The Labute approximate surface area is 396 Å². The normalized spacial score (nSPS) is 19.4. The van der Waals surface area contributed by atoms with Gasteiger partial charge in [0.15, 0.2) is 0 Å². The molecule has 66 heavy (non-hydrogen) atoms. The van der Waals surface area contributed by atoms with E-state index in [9.17, 15) is 0 Å². The smallest absolute Gasteiger partial charge is 0.494 e. The fourth-order valence-corrected chi connectivity index (χ4v) is 7.51. The molecule has 9 rings (SSSR count). The number of benzene rings is 4. The molecule has 3 saturated heterocycles. The molecule has 3 aliphatic heterocycles. The van der Waals surface area contributed by atoms with Crippen LogP contribution in [-0.4, -0.2) is 78.9 Å². The number of fused-ring (bicyclic) bond motifs is 2. The van der Waals surface area contributed by atoms with Crippen LogP contribution >= 0.6 is 15.9 Å². The average molecular weight is 959 g/mol. The Morgan fingerprint density at radius 3 is 1.29 bits per heavy atom. The number of rotatable bonds is 6. The monoisotopic (exact) mass is 958 g/mol. The van der Waals surface area contributed by atoms with Crippen molar-refractivity contribution < 1.29 is 46.2 Å². The van der Waals surface area contributed by atoms with Crippen LogP contribution in [0, 0.1) is 13.1 Å². The van der Waals surface area contributed by atoms with Crippen LogP contribution in [-0.2, 0) is 27.9 Å². The Bertz CT molecular complexity index is 2780. The van der Waals surface area contributed by atoms with Gasteiger partial charge in [-0.25, -0.2) is 19.7 Å². The number of oxazole rings is 2. The number of para-hydroxylation sites is 2. The first-order valence-electron chi connectivity index (χ1n) is 21.5. The van der Waals surface area contributed by atoms with E-state index in [-0.39, 0.29) is 22.4 Å². The van der Waals surface area contributed by atoms with Gasteiger partial charge in [0.05, 0.1) is 72.1 Å². The number of ether oxygens (including phenoxy) is 2. The maximum atomic E-state index is 7.33. The predicted octanol–water partition coefficient (Wildman–Crippen LogP) is 11.4. The van der Waals surface area contributed by atoms with E-state index in [1.54, 1.807) is 50.6 Å². The number of nitrogens with zero attached hydrogens (tertiary/aromatic N) is 4. The Hall–Kier alpha value is -5.17. The van der Waals surface area contributed by atoms with Crippen LogP contribution < -0.4 is 14.9 Å². The SMILES string of the molecule is CC1(C)OB(B2OC(C)(C)C(C)(C)O2)OC1(C)C.[C-]#[N+]c1cccc2oc(-c3cc(B4OC(C)(C)C(C)(C)O4)ccc3OC)nc12.[C-]#[N+]c1cccc2oc(-c3cc(Br)ccc3OC)nc12. The summed E-state index contributed by atoms with van der Waals surface area (Å²) >= 11 is 3.42. The maximum absolute atomic E-state index is 7.33. The second-order valence-electron chi connectivity index (χ2n) is 19.2. The minimum absolute atomic E-state index is 0.360. The summed E-state index contributed by atoms with van der Waals surface area (Å²) in [6, 6.07) is 21.9. The summed E-state index contributed by atoms with van der Waals surface area (Å²) in [7, 11) is 1.74. The van der Waals surface area contributed by atoms with Crippen molar-refractivity contribution in [2.45, 2.75) is 117 Å². The largest absolute Gasteiger partial charge is 0.496 e. The molecule has 2 aromatic heterocycles. The van der Waals surface area contributed by atoms with Crippen LogP contribution in [0.1, 0.15) is 83.1 Å². The molecule has 18 heteroatoms. The molecule has 0 unspecified atom stereocenters. The average Bonchev–Trinajstić information content (AvgIpc) is 4.04. The van der Waals surface area contributed by atoms with Gasteiger partial charge in [0.1, 0.15) is 33.7 Å². The van der Waals surface area contributed by atoms with Crippen molar-refractivity contribution >= 4 is 76.1 Å². The molecular formula is C48H54B3BrN4O10. The van der Waals surface area contributed by atoms with Crippen LogP contribution in [0.25, 0.3) is 54.8 Å². The van der Waals surface area contributed by atoms with E-state index in [0.717, 1.165) is 15.5 Å². The third kappa shape index (κ3) is 9.25. The van der Waals surface area contributed by atoms with E-state index >= 15 is 0 Å². The Kier molecular flexibility index (Phi) is 13.2. The lowest BCUT2D eigenvalue weighted by atomic mass is 9.49. The molecule has 5 heterocycles. The van der Waals surface area contributed by atoms with Gasteiger partial charge in [-0.2, -0.15) is 0 Å². The lowest BCUT2D eigenvalue weighted by molar-refractivity contribution is 0.00578. The highest BCUT2D eigenvalue weighted by Gasteiger charge is 2.63. The summed E-state index contributed by atoms with van der Waals surface area (Å²) in [6.45, 7) is 38.8. The Balaban J connectivity index is 0.000000152. The van der Waals surface area contributed by atoms with E-state index < -0.39 is 32.3 Å². The molecule has 0 spiro atoms. The molecule has 3 fully saturated rings. The van der Waals surface area contributed by atoms with Gasteiger partial charge < -0.3 is 46.2 Å². The second-order valence-corrected chi connectivity index (χ2v) is 20.1. The molecule has 0 aliphatic carbocycles. The molecule has 0 atom stereocenters. The molecular weight excluding hydrogens is 905 g/mol. The maximum Gasteiger partial charge on any atom is 0.494 e. The zero-order valence-electron chi connectivity index (χ0n) is 39.9. The zero-order chi connectivity index (χ0) is 48.2. The minimum atomic E-state index is -0.502. The first-order chi connectivity index (χ1) is 30.9. The van der Waals surface area contributed by atoms with Gasteiger partial charge in [0, 0.05) is 4.47 Å². The third-order valence-corrected chi connectivity index (χ3v) is 13.7. The molecule has 0 saturated carbocycles. The summed E-state index contributed by atoms with van der Waals surface area (Å²) in [5.74, 6) is 2.12. The van der Waals surface area contributed by atoms with Crippen molar-refractivity contribution in [3.8, 4) is 34.4 Å². The standard InChI is InChI=1S/C21H21BN2O4.C15H9BrN2O2.C12H24B2O4/c1-20(2)21(3,4)28-22(27-20)13-10-11-16(25-6)14(12-13)19-24-18-15(23-5)8-7-9-17(18)26-19;1-17-11-4-3-5-13-14(11)18-15(20-13)10-8-9(16)6-7-12(10)19-2;1-9(2)10(3,4)16-13(15-9)14-17-11(5,6)12(7,8)18-14/h7-12H,1-4,6H3;3-8H,2H3;1-8H3. The van der Waals surface area contributed by atoms with Gasteiger partial charge in [0.2, 0.25) is 23.2 Å². The summed E-state index contributed by atoms with van der Waals surface area (Å²) in [6.07, 6.45) is 0. The van der Waals surface area contributed by atoms with E-state index in [0.29, 0.717) is 62.4 Å². The van der Waals surface area contributed by atoms with Gasteiger partial charge in [-0.05, 0) is 131 Å². The minimum Gasteiger partial charge on any atom is -0.496 e. The predicted molar refractivity (Wildman–Crippen MR) is 260 cm³/mol. The number of halogens is 1. The molecule has 3 aliphatic rings. The number of methoxy groups -OCH3 is 2. The topological polar surface area (TPSA) is 135 Å². The molecule has 342 valence electrons. The van der Waals surface area contributed by atoms with Crippen LogP contribution in [0.4, 0.5) is 11.4 Å². The van der Waals surface area contributed by atoms with E-state index in [2.05, 4.69) is 35.6 Å². The molecule has 4 aromatic carbocycles. The van der Waals surface area contributed by atoms with Crippen molar-refractivity contribution in [2.75, 3.05) is 14.2 Å². The lowest BCUT2D eigenvalue weighted by Gasteiger charge is -2.32. The van der Waals surface area contributed by atoms with Crippen molar-refractivity contribution in [3.63, 3.8) is 0 Å². The van der Waals surface area contributed by atoms with Crippen LogP contribution in [0.2, 0.25) is 0 Å². The van der Waals surface area contributed by atoms with Crippen LogP contribution in [0.15, 0.2) is 86.1 Å².